The minimum Gasteiger partial charge on any atom is -0.353 e. The summed E-state index contributed by atoms with van der Waals surface area (Å²) in [5.74, 6) is -2.15. The van der Waals surface area contributed by atoms with E-state index in [1.807, 2.05) is 0 Å². The molecule has 1 fully saturated rings. The number of halogens is 3. The van der Waals surface area contributed by atoms with Crippen LogP contribution in [-0.4, -0.2) is 37.0 Å². The molecule has 1 saturated heterocycles. The molecule has 2 aromatic rings. The lowest BCUT2D eigenvalue weighted by atomic mass is 9.62. The van der Waals surface area contributed by atoms with Gasteiger partial charge in [0.2, 0.25) is 11.8 Å². The highest BCUT2D eigenvalue weighted by molar-refractivity contribution is 6.31. The standard InChI is InChI=1S/C25H29Cl2FN4O2/c1-24(2,3)12-18-25(15-8-7-13(26)11-17(15)31-23(25)34)19(14-5-4-6-16(27)20(14)28)21(32-18)22(33)30-10-9-29/h4-8,11,18-19,21,32H,9-10,12,29H2,1-3H3,(H,30,33)(H,31,34)/t18-,19-,21+,25+/m0/s1. The van der Waals surface area contributed by atoms with Gasteiger partial charge in [0, 0.05) is 35.8 Å². The third kappa shape index (κ3) is 4.09. The first-order valence-corrected chi connectivity index (χ1v) is 12.1. The lowest BCUT2D eigenvalue weighted by Crippen LogP contribution is -2.49. The van der Waals surface area contributed by atoms with Crippen LogP contribution in [0.25, 0.3) is 0 Å². The molecule has 0 radical (unpaired) electrons. The Morgan fingerprint density at radius 3 is 2.65 bits per heavy atom. The fourth-order valence-electron chi connectivity index (χ4n) is 5.46. The summed E-state index contributed by atoms with van der Waals surface area (Å²) in [4.78, 5) is 27.3. The predicted octanol–water partition coefficient (Wildman–Crippen LogP) is 3.96. The largest absolute Gasteiger partial charge is 0.353 e. The first-order valence-electron chi connectivity index (χ1n) is 11.3. The van der Waals surface area contributed by atoms with E-state index >= 15 is 4.39 Å². The zero-order valence-corrected chi connectivity index (χ0v) is 20.9. The summed E-state index contributed by atoms with van der Waals surface area (Å²) in [6, 6.07) is 8.52. The number of nitrogens with one attached hydrogen (secondary N) is 3. The molecule has 2 aliphatic heterocycles. The van der Waals surface area contributed by atoms with Crippen LogP contribution in [0, 0.1) is 11.2 Å². The van der Waals surface area contributed by atoms with Crippen LogP contribution in [0.1, 0.15) is 44.2 Å². The Kier molecular flexibility index (Phi) is 6.68. The first kappa shape index (κ1) is 24.9. The maximum absolute atomic E-state index is 15.5. The lowest BCUT2D eigenvalue weighted by Gasteiger charge is -2.37. The highest BCUT2D eigenvalue weighted by Crippen LogP contribution is 2.57. The van der Waals surface area contributed by atoms with Gasteiger partial charge in [-0.3, -0.25) is 9.59 Å². The molecule has 2 heterocycles. The highest BCUT2D eigenvalue weighted by Gasteiger charge is 2.66. The molecule has 9 heteroatoms. The Balaban J connectivity index is 2.00. The molecular formula is C25H29Cl2FN4O2. The van der Waals surface area contributed by atoms with E-state index in [0.29, 0.717) is 22.7 Å². The van der Waals surface area contributed by atoms with E-state index in [9.17, 15) is 9.59 Å². The number of anilines is 1. The van der Waals surface area contributed by atoms with Gasteiger partial charge in [-0.15, -0.1) is 0 Å². The topological polar surface area (TPSA) is 96.2 Å². The number of hydrogen-bond acceptors (Lipinski definition) is 4. The molecule has 182 valence electrons. The number of carbonyl (C=O) groups excluding carboxylic acids is 2. The average Bonchev–Trinajstić information content (AvgIpc) is 3.22. The second-order valence-electron chi connectivity index (χ2n) is 10.2. The maximum Gasteiger partial charge on any atom is 0.237 e. The Bertz CT molecular complexity index is 1140. The summed E-state index contributed by atoms with van der Waals surface area (Å²) in [5, 5.41) is 9.58. The fourth-order valence-corrected chi connectivity index (χ4v) is 5.81. The number of carbonyl (C=O) groups is 2. The number of nitrogens with two attached hydrogens (primary N) is 1. The molecule has 0 aliphatic carbocycles. The Hall–Kier alpha value is -2.19. The van der Waals surface area contributed by atoms with Gasteiger partial charge in [0.1, 0.15) is 11.2 Å². The second kappa shape index (κ2) is 9.11. The number of benzene rings is 2. The number of fused-ring (bicyclic) bond motifs is 2. The van der Waals surface area contributed by atoms with Crippen molar-refractivity contribution in [3.63, 3.8) is 0 Å². The van der Waals surface area contributed by atoms with E-state index in [-0.39, 0.29) is 40.9 Å². The summed E-state index contributed by atoms with van der Waals surface area (Å²) in [6.07, 6.45) is 0.557. The maximum atomic E-state index is 15.5. The van der Waals surface area contributed by atoms with Crippen molar-refractivity contribution < 1.29 is 14.0 Å². The summed E-state index contributed by atoms with van der Waals surface area (Å²) in [6.45, 7) is 6.71. The molecule has 0 saturated carbocycles. The van der Waals surface area contributed by atoms with Gasteiger partial charge in [-0.05, 0) is 41.2 Å². The van der Waals surface area contributed by atoms with Crippen molar-refractivity contribution in [2.75, 3.05) is 18.4 Å². The molecule has 4 rings (SSSR count). The number of rotatable bonds is 5. The van der Waals surface area contributed by atoms with Gasteiger partial charge < -0.3 is 21.7 Å². The number of amides is 2. The average molecular weight is 507 g/mol. The monoisotopic (exact) mass is 506 g/mol. The normalized spacial score (nSPS) is 26.0. The smallest absolute Gasteiger partial charge is 0.237 e. The molecule has 0 bridgehead atoms. The highest BCUT2D eigenvalue weighted by atomic mass is 35.5. The van der Waals surface area contributed by atoms with Crippen LogP contribution in [-0.2, 0) is 15.0 Å². The van der Waals surface area contributed by atoms with E-state index in [4.69, 9.17) is 28.9 Å². The second-order valence-corrected chi connectivity index (χ2v) is 11.0. The van der Waals surface area contributed by atoms with E-state index in [1.54, 1.807) is 30.3 Å². The van der Waals surface area contributed by atoms with Crippen molar-refractivity contribution in [1.82, 2.24) is 10.6 Å². The van der Waals surface area contributed by atoms with Gasteiger partial charge in [0.15, 0.2) is 0 Å². The van der Waals surface area contributed by atoms with Crippen LogP contribution >= 0.6 is 23.2 Å². The summed E-state index contributed by atoms with van der Waals surface area (Å²) < 4.78 is 15.5. The quantitative estimate of drug-likeness (QED) is 0.493. The van der Waals surface area contributed by atoms with Gasteiger partial charge >= 0.3 is 0 Å². The van der Waals surface area contributed by atoms with Crippen LogP contribution in [0.2, 0.25) is 10.0 Å². The van der Waals surface area contributed by atoms with Crippen LogP contribution in [0.15, 0.2) is 36.4 Å². The van der Waals surface area contributed by atoms with Crippen LogP contribution in [0.3, 0.4) is 0 Å². The summed E-state index contributed by atoms with van der Waals surface area (Å²) in [7, 11) is 0. The predicted molar refractivity (Wildman–Crippen MR) is 133 cm³/mol. The van der Waals surface area contributed by atoms with Crippen LogP contribution in [0.4, 0.5) is 10.1 Å². The molecule has 4 atom stereocenters. The third-order valence-electron chi connectivity index (χ3n) is 6.66. The zero-order chi connectivity index (χ0) is 24.8. The molecule has 0 aromatic heterocycles. The molecule has 0 unspecified atom stereocenters. The van der Waals surface area contributed by atoms with Crippen molar-refractivity contribution in [2.45, 2.75) is 50.6 Å². The van der Waals surface area contributed by atoms with E-state index in [1.165, 1.54) is 6.07 Å². The van der Waals surface area contributed by atoms with Crippen molar-refractivity contribution >= 4 is 40.7 Å². The van der Waals surface area contributed by atoms with E-state index in [0.717, 1.165) is 0 Å². The van der Waals surface area contributed by atoms with Gasteiger partial charge in [0.05, 0.1) is 11.1 Å². The van der Waals surface area contributed by atoms with Crippen LogP contribution < -0.4 is 21.7 Å². The minimum absolute atomic E-state index is 0.0669. The number of hydrogen-bond donors (Lipinski definition) is 4. The zero-order valence-electron chi connectivity index (χ0n) is 19.3. The summed E-state index contributed by atoms with van der Waals surface area (Å²) >= 11 is 12.4. The van der Waals surface area contributed by atoms with Gasteiger partial charge in [-0.25, -0.2) is 4.39 Å². The minimum atomic E-state index is -1.26. The van der Waals surface area contributed by atoms with E-state index < -0.39 is 29.2 Å². The van der Waals surface area contributed by atoms with Gasteiger partial charge in [-0.2, -0.15) is 0 Å². The van der Waals surface area contributed by atoms with Gasteiger partial charge in [0.25, 0.3) is 0 Å². The van der Waals surface area contributed by atoms with Crippen molar-refractivity contribution in [3.05, 3.63) is 63.4 Å². The Morgan fingerprint density at radius 1 is 1.24 bits per heavy atom. The molecule has 5 N–H and O–H groups in total. The molecule has 2 aromatic carbocycles. The molecule has 2 amide bonds. The molecule has 34 heavy (non-hydrogen) atoms. The first-order chi connectivity index (χ1) is 16.0. The molecule has 1 spiro atoms. The lowest BCUT2D eigenvalue weighted by molar-refractivity contribution is -0.123. The summed E-state index contributed by atoms with van der Waals surface area (Å²) in [5.41, 5.74) is 5.60. The molecular weight excluding hydrogens is 478 g/mol. The van der Waals surface area contributed by atoms with Crippen LogP contribution in [0.5, 0.6) is 0 Å². The fraction of sp³-hybridized carbons (Fsp3) is 0.440. The van der Waals surface area contributed by atoms with Crippen molar-refractivity contribution in [1.29, 1.82) is 0 Å². The molecule has 2 aliphatic rings. The third-order valence-corrected chi connectivity index (χ3v) is 7.19. The van der Waals surface area contributed by atoms with Gasteiger partial charge in [-0.1, -0.05) is 62.2 Å². The van der Waals surface area contributed by atoms with Crippen molar-refractivity contribution in [3.8, 4) is 0 Å². The SMILES string of the molecule is CC(C)(C)C[C@@H]1N[C@@H](C(=O)NCCN)[C@H](c2cccc(Cl)c2F)[C@]12C(=O)Nc1cc(Cl)ccc12. The Labute approximate surface area is 208 Å². The van der Waals surface area contributed by atoms with Crippen molar-refractivity contribution in [2.24, 2.45) is 11.1 Å². The van der Waals surface area contributed by atoms with E-state index in [2.05, 4.69) is 36.7 Å². The molecule has 6 nitrogen and oxygen atoms in total. The Morgan fingerprint density at radius 2 is 1.97 bits per heavy atom.